The number of guanidine groups is 1. The van der Waals surface area contributed by atoms with E-state index in [1.807, 2.05) is 24.3 Å². The molecule has 1 saturated heterocycles. The highest BCUT2D eigenvalue weighted by atomic mass is 32.2. The Kier molecular flexibility index (Phi) is 7.02. The predicted molar refractivity (Wildman–Crippen MR) is 155 cm³/mol. The fraction of sp³-hybridized carbons (Fsp3) is 0.379. The Morgan fingerprint density at radius 3 is 2.10 bits per heavy atom. The molecule has 3 aliphatic rings. The SMILES string of the molecule is COc1ccc(-n2nc(S(C)(=O)=O)c3c2C(=O)N(c2ccc(N4CCCN=C4N4CCCCC4=O)cc2)CC3)cc1. The number of nitrogens with zero attached hydrogens (tertiary/aromatic N) is 6. The Morgan fingerprint density at radius 1 is 0.780 bits per heavy atom. The van der Waals surface area contributed by atoms with Gasteiger partial charge in [-0.1, -0.05) is 0 Å². The maximum absolute atomic E-state index is 13.9. The van der Waals surface area contributed by atoms with Crippen LogP contribution in [0.1, 0.15) is 41.7 Å². The summed E-state index contributed by atoms with van der Waals surface area (Å²) < 4.78 is 31.9. The molecule has 0 spiro atoms. The standard InChI is InChI=1S/C29H32N6O5S/c1-40-23-13-11-22(12-14-23)35-26-24(27(31-35)41(2,38)39)15-19-32(28(26)37)20-7-9-21(10-8-20)33-18-5-16-30-29(33)34-17-4-3-6-25(34)36/h7-14H,3-6,15-19H2,1-2H3. The van der Waals surface area contributed by atoms with Gasteiger partial charge in [0.15, 0.2) is 14.9 Å². The van der Waals surface area contributed by atoms with Crippen LogP contribution >= 0.6 is 0 Å². The summed E-state index contributed by atoms with van der Waals surface area (Å²) in [6.45, 7) is 2.44. The number of aliphatic imine (C=N–C) groups is 1. The number of aromatic nitrogens is 2. The van der Waals surface area contributed by atoms with E-state index in [1.54, 1.807) is 41.2 Å². The van der Waals surface area contributed by atoms with E-state index < -0.39 is 9.84 Å². The molecular formula is C29H32N6O5S. The molecule has 0 aliphatic carbocycles. The summed E-state index contributed by atoms with van der Waals surface area (Å²) in [6.07, 6.45) is 4.76. The second-order valence-electron chi connectivity index (χ2n) is 10.4. The second-order valence-corrected chi connectivity index (χ2v) is 12.4. The highest BCUT2D eigenvalue weighted by Crippen LogP contribution is 2.32. The van der Waals surface area contributed by atoms with Crippen LogP contribution in [-0.4, -0.2) is 80.4 Å². The number of carbonyl (C=O) groups excluding carboxylic acids is 2. The number of hydrogen-bond acceptors (Lipinski definition) is 8. The van der Waals surface area contributed by atoms with Crippen molar-refractivity contribution < 1.29 is 22.7 Å². The molecule has 0 unspecified atom stereocenters. The first-order valence-corrected chi connectivity index (χ1v) is 15.7. The quantitative estimate of drug-likeness (QED) is 0.458. The van der Waals surface area contributed by atoms with Crippen molar-refractivity contribution in [2.75, 3.05) is 49.3 Å². The van der Waals surface area contributed by atoms with Gasteiger partial charge in [0.25, 0.3) is 5.91 Å². The zero-order valence-electron chi connectivity index (χ0n) is 23.1. The molecule has 4 heterocycles. The van der Waals surface area contributed by atoms with Gasteiger partial charge in [0.1, 0.15) is 11.4 Å². The molecule has 3 aromatic rings. The smallest absolute Gasteiger partial charge is 0.277 e. The van der Waals surface area contributed by atoms with Gasteiger partial charge >= 0.3 is 0 Å². The summed E-state index contributed by atoms with van der Waals surface area (Å²) in [5, 5.41) is 4.32. The molecule has 1 fully saturated rings. The summed E-state index contributed by atoms with van der Waals surface area (Å²) in [5.74, 6) is 1.12. The van der Waals surface area contributed by atoms with E-state index >= 15 is 0 Å². The van der Waals surface area contributed by atoms with Gasteiger partial charge < -0.3 is 14.5 Å². The third-order valence-corrected chi connectivity index (χ3v) is 8.75. The summed E-state index contributed by atoms with van der Waals surface area (Å²) >= 11 is 0. The van der Waals surface area contributed by atoms with Crippen LogP contribution in [0.15, 0.2) is 58.5 Å². The number of hydrogen-bond donors (Lipinski definition) is 0. The van der Waals surface area contributed by atoms with Crippen LogP contribution in [-0.2, 0) is 21.1 Å². The number of piperidine rings is 1. The van der Waals surface area contributed by atoms with E-state index in [0.717, 1.165) is 37.8 Å². The van der Waals surface area contributed by atoms with Crippen molar-refractivity contribution in [1.82, 2.24) is 14.7 Å². The van der Waals surface area contributed by atoms with Crippen LogP contribution in [0.3, 0.4) is 0 Å². The van der Waals surface area contributed by atoms with E-state index in [9.17, 15) is 18.0 Å². The maximum atomic E-state index is 13.9. The van der Waals surface area contributed by atoms with Crippen molar-refractivity contribution in [2.45, 2.75) is 37.1 Å². The summed E-state index contributed by atoms with van der Waals surface area (Å²) in [4.78, 5) is 36.8. The Bertz CT molecular complexity index is 1630. The molecule has 3 aliphatic heterocycles. The second kappa shape index (κ2) is 10.7. The van der Waals surface area contributed by atoms with Crippen molar-refractivity contribution in [3.63, 3.8) is 0 Å². The Balaban J connectivity index is 1.31. The molecule has 0 bridgehead atoms. The first-order chi connectivity index (χ1) is 19.8. The minimum absolute atomic E-state index is 0.0733. The van der Waals surface area contributed by atoms with Crippen molar-refractivity contribution in [3.05, 3.63) is 59.8 Å². The number of carbonyl (C=O) groups is 2. The third-order valence-electron chi connectivity index (χ3n) is 7.72. The van der Waals surface area contributed by atoms with Gasteiger partial charge in [-0.05, 0) is 74.2 Å². The lowest BCUT2D eigenvalue weighted by Crippen LogP contribution is -2.51. The molecular weight excluding hydrogens is 544 g/mol. The molecule has 214 valence electrons. The number of likely N-dealkylation sites (tertiary alicyclic amines) is 1. The third kappa shape index (κ3) is 4.96. The van der Waals surface area contributed by atoms with Crippen LogP contribution in [0.2, 0.25) is 0 Å². The number of methoxy groups -OCH3 is 1. The molecule has 2 amide bonds. The molecule has 1 aromatic heterocycles. The van der Waals surface area contributed by atoms with E-state index in [2.05, 4.69) is 10.00 Å². The number of anilines is 2. The van der Waals surface area contributed by atoms with Crippen molar-refractivity contribution in [1.29, 1.82) is 0 Å². The Labute approximate surface area is 238 Å². The maximum Gasteiger partial charge on any atom is 0.277 e. The van der Waals surface area contributed by atoms with Crippen LogP contribution in [0.5, 0.6) is 5.75 Å². The number of fused-ring (bicyclic) bond motifs is 1. The molecule has 11 nitrogen and oxygen atoms in total. The number of sulfone groups is 1. The zero-order valence-corrected chi connectivity index (χ0v) is 23.9. The minimum atomic E-state index is -3.66. The van der Waals surface area contributed by atoms with Gasteiger partial charge in [0.05, 0.1) is 12.8 Å². The monoisotopic (exact) mass is 576 g/mol. The first-order valence-electron chi connectivity index (χ1n) is 13.8. The molecule has 41 heavy (non-hydrogen) atoms. The van der Waals surface area contributed by atoms with Crippen LogP contribution < -0.4 is 14.5 Å². The lowest BCUT2D eigenvalue weighted by atomic mass is 10.1. The van der Waals surface area contributed by atoms with Crippen molar-refractivity contribution >= 4 is 39.0 Å². The summed E-state index contributed by atoms with van der Waals surface area (Å²) in [5.41, 5.74) is 2.82. The average molecular weight is 577 g/mol. The average Bonchev–Trinajstić information content (AvgIpc) is 3.39. The topological polar surface area (TPSA) is 117 Å². The highest BCUT2D eigenvalue weighted by Gasteiger charge is 2.36. The lowest BCUT2D eigenvalue weighted by Gasteiger charge is -2.37. The van der Waals surface area contributed by atoms with Gasteiger partial charge in [-0.15, -0.1) is 0 Å². The van der Waals surface area contributed by atoms with Gasteiger partial charge in [-0.2, -0.15) is 5.10 Å². The largest absolute Gasteiger partial charge is 0.497 e. The Hall–Kier alpha value is -4.19. The molecule has 0 N–H and O–H groups in total. The zero-order chi connectivity index (χ0) is 28.7. The summed E-state index contributed by atoms with van der Waals surface area (Å²) in [6, 6.07) is 14.6. The molecule has 0 radical (unpaired) electrons. The van der Waals surface area contributed by atoms with Gasteiger partial charge in [0.2, 0.25) is 11.9 Å². The molecule has 6 rings (SSSR count). The van der Waals surface area contributed by atoms with Gasteiger partial charge in [0, 0.05) is 55.8 Å². The van der Waals surface area contributed by atoms with E-state index in [1.165, 1.54) is 4.68 Å². The Morgan fingerprint density at radius 2 is 1.44 bits per heavy atom. The van der Waals surface area contributed by atoms with Gasteiger partial charge in [-0.3, -0.25) is 19.5 Å². The van der Waals surface area contributed by atoms with Gasteiger partial charge in [-0.25, -0.2) is 13.1 Å². The van der Waals surface area contributed by atoms with Crippen molar-refractivity contribution in [3.8, 4) is 11.4 Å². The van der Waals surface area contributed by atoms with E-state index in [0.29, 0.717) is 61.1 Å². The highest BCUT2D eigenvalue weighted by molar-refractivity contribution is 7.90. The number of benzene rings is 2. The van der Waals surface area contributed by atoms with E-state index in [4.69, 9.17) is 9.73 Å². The number of ether oxygens (including phenoxy) is 1. The van der Waals surface area contributed by atoms with Crippen molar-refractivity contribution in [2.24, 2.45) is 4.99 Å². The molecule has 12 heteroatoms. The predicted octanol–water partition coefficient (Wildman–Crippen LogP) is 3.07. The minimum Gasteiger partial charge on any atom is -0.497 e. The van der Waals surface area contributed by atoms with Crippen LogP contribution in [0, 0.1) is 0 Å². The molecule has 0 atom stereocenters. The number of amides is 2. The van der Waals surface area contributed by atoms with Crippen LogP contribution in [0.25, 0.3) is 5.69 Å². The normalized spacial score (nSPS) is 17.9. The van der Waals surface area contributed by atoms with E-state index in [-0.39, 0.29) is 22.5 Å². The summed E-state index contributed by atoms with van der Waals surface area (Å²) in [7, 11) is -2.10. The lowest BCUT2D eigenvalue weighted by molar-refractivity contribution is -0.129. The molecule has 0 saturated carbocycles. The molecule has 2 aromatic carbocycles. The first kappa shape index (κ1) is 27.0. The number of rotatable bonds is 5. The fourth-order valence-corrected chi connectivity index (χ4v) is 6.56. The fourth-order valence-electron chi connectivity index (χ4n) is 5.68. The van der Waals surface area contributed by atoms with Crippen LogP contribution in [0.4, 0.5) is 11.4 Å².